The molecule has 5 nitrogen and oxygen atoms in total. The number of urea groups is 1. The van der Waals surface area contributed by atoms with Crippen molar-refractivity contribution in [2.45, 2.75) is 49.3 Å². The minimum absolute atomic E-state index is 0.0481. The summed E-state index contributed by atoms with van der Waals surface area (Å²) in [5, 5.41) is 14.8. The largest absolute Gasteiger partial charge is 0.481 e. The molecule has 24 heavy (non-hydrogen) atoms. The summed E-state index contributed by atoms with van der Waals surface area (Å²) in [6, 6.07) is 9.42. The number of hydrogen-bond donors (Lipinski definition) is 3. The first-order chi connectivity index (χ1) is 11.5. The number of thioether (sulfide) groups is 1. The van der Waals surface area contributed by atoms with Crippen molar-refractivity contribution in [1.82, 2.24) is 10.6 Å². The van der Waals surface area contributed by atoms with Gasteiger partial charge >= 0.3 is 12.0 Å². The molecule has 0 spiro atoms. The number of carboxylic acids is 1. The maximum Gasteiger partial charge on any atom is 0.315 e. The second-order valence-corrected chi connectivity index (χ2v) is 7.66. The Hall–Kier alpha value is -1.69. The number of aliphatic carboxylic acids is 1. The van der Waals surface area contributed by atoms with E-state index in [1.54, 1.807) is 0 Å². The van der Waals surface area contributed by atoms with Crippen molar-refractivity contribution in [3.05, 3.63) is 35.9 Å². The third-order valence-electron chi connectivity index (χ3n) is 4.64. The van der Waals surface area contributed by atoms with E-state index in [1.807, 2.05) is 42.1 Å². The Morgan fingerprint density at radius 2 is 2.00 bits per heavy atom. The van der Waals surface area contributed by atoms with Gasteiger partial charge in [0.15, 0.2) is 0 Å². The molecular weight excluding hydrogens is 324 g/mol. The highest BCUT2D eigenvalue weighted by atomic mass is 32.2. The monoisotopic (exact) mass is 350 g/mol. The predicted octanol–water partition coefficient (Wildman–Crippen LogP) is 3.05. The molecule has 0 heterocycles. The summed E-state index contributed by atoms with van der Waals surface area (Å²) in [6.07, 6.45) is 6.69. The number of amides is 2. The van der Waals surface area contributed by atoms with Crippen LogP contribution in [0.3, 0.4) is 0 Å². The number of carbonyl (C=O) groups excluding carboxylic acids is 1. The van der Waals surface area contributed by atoms with E-state index in [0.29, 0.717) is 19.4 Å². The normalized spacial score (nSPS) is 16.7. The van der Waals surface area contributed by atoms with Crippen LogP contribution in [0, 0.1) is 0 Å². The van der Waals surface area contributed by atoms with Gasteiger partial charge in [-0.1, -0.05) is 36.8 Å². The molecule has 0 radical (unpaired) electrons. The second-order valence-electron chi connectivity index (χ2n) is 6.39. The van der Waals surface area contributed by atoms with Crippen molar-refractivity contribution >= 4 is 23.8 Å². The molecule has 1 aromatic carbocycles. The van der Waals surface area contributed by atoms with E-state index in [-0.39, 0.29) is 23.2 Å². The van der Waals surface area contributed by atoms with Gasteiger partial charge in [-0.3, -0.25) is 4.79 Å². The van der Waals surface area contributed by atoms with Gasteiger partial charge in [0.1, 0.15) is 0 Å². The maximum atomic E-state index is 12.2. The van der Waals surface area contributed by atoms with E-state index in [2.05, 4.69) is 16.9 Å². The van der Waals surface area contributed by atoms with Crippen LogP contribution in [0.25, 0.3) is 0 Å². The fraction of sp³-hybridized carbons (Fsp3) is 0.556. The first-order valence-electron chi connectivity index (χ1n) is 8.38. The van der Waals surface area contributed by atoms with Crippen LogP contribution >= 0.6 is 11.8 Å². The molecule has 0 bridgehead atoms. The van der Waals surface area contributed by atoms with Gasteiger partial charge in [-0.2, -0.15) is 11.8 Å². The van der Waals surface area contributed by atoms with Crippen molar-refractivity contribution in [2.75, 3.05) is 12.8 Å². The number of nitrogens with one attached hydrogen (secondary N) is 2. The fourth-order valence-electron chi connectivity index (χ4n) is 2.92. The zero-order chi connectivity index (χ0) is 17.4. The molecule has 0 aliphatic heterocycles. The highest BCUT2D eigenvalue weighted by molar-refractivity contribution is 8.00. The summed E-state index contributed by atoms with van der Waals surface area (Å²) >= 11 is 1.82. The van der Waals surface area contributed by atoms with E-state index < -0.39 is 5.97 Å². The quantitative estimate of drug-likeness (QED) is 0.640. The lowest BCUT2D eigenvalue weighted by Gasteiger charge is -2.40. The topological polar surface area (TPSA) is 78.4 Å². The van der Waals surface area contributed by atoms with Crippen LogP contribution in [0.1, 0.15) is 37.7 Å². The van der Waals surface area contributed by atoms with Crippen LogP contribution in [0.4, 0.5) is 4.79 Å². The molecule has 132 valence electrons. The molecule has 1 aliphatic rings. The van der Waals surface area contributed by atoms with Gasteiger partial charge in [-0.15, -0.1) is 0 Å². The van der Waals surface area contributed by atoms with Gasteiger partial charge in [0.25, 0.3) is 0 Å². The minimum Gasteiger partial charge on any atom is -0.481 e. The van der Waals surface area contributed by atoms with E-state index in [4.69, 9.17) is 5.11 Å². The maximum absolute atomic E-state index is 12.2. The second kappa shape index (κ2) is 8.97. The third-order valence-corrected chi connectivity index (χ3v) is 6.05. The van der Waals surface area contributed by atoms with Crippen LogP contribution in [-0.2, 0) is 11.2 Å². The van der Waals surface area contributed by atoms with E-state index in [1.165, 1.54) is 6.42 Å². The van der Waals surface area contributed by atoms with Crippen molar-refractivity contribution in [1.29, 1.82) is 0 Å². The fourth-order valence-corrected chi connectivity index (χ4v) is 3.84. The number of hydrogen-bond acceptors (Lipinski definition) is 3. The van der Waals surface area contributed by atoms with Crippen molar-refractivity contribution in [2.24, 2.45) is 0 Å². The van der Waals surface area contributed by atoms with E-state index in [0.717, 1.165) is 18.4 Å². The van der Waals surface area contributed by atoms with Crippen molar-refractivity contribution in [3.8, 4) is 0 Å². The summed E-state index contributed by atoms with van der Waals surface area (Å²) in [7, 11) is 0. The van der Waals surface area contributed by atoms with Crippen LogP contribution in [-0.4, -0.2) is 40.7 Å². The summed E-state index contributed by atoms with van der Waals surface area (Å²) < 4.78 is 0.188. The number of carbonyl (C=O) groups is 2. The van der Waals surface area contributed by atoms with Crippen LogP contribution in [0.5, 0.6) is 0 Å². The van der Waals surface area contributed by atoms with Crippen LogP contribution in [0.2, 0.25) is 0 Å². The smallest absolute Gasteiger partial charge is 0.315 e. The Bertz CT molecular complexity index is 541. The van der Waals surface area contributed by atoms with E-state index in [9.17, 15) is 9.59 Å². The lowest BCUT2D eigenvalue weighted by molar-refractivity contribution is -0.137. The minimum atomic E-state index is -0.842. The Morgan fingerprint density at radius 3 is 2.54 bits per heavy atom. The highest BCUT2D eigenvalue weighted by Gasteiger charge is 2.36. The van der Waals surface area contributed by atoms with Gasteiger partial charge in [-0.25, -0.2) is 4.79 Å². The zero-order valence-corrected chi connectivity index (χ0v) is 14.9. The molecule has 6 heteroatoms. The number of carboxylic acid groups (broad SMARTS) is 1. The molecule has 1 fully saturated rings. The molecule has 1 aliphatic carbocycles. The van der Waals surface area contributed by atoms with Gasteiger partial charge in [-0.05, 0) is 37.5 Å². The van der Waals surface area contributed by atoms with Gasteiger partial charge in [0.2, 0.25) is 0 Å². The Morgan fingerprint density at radius 1 is 1.29 bits per heavy atom. The van der Waals surface area contributed by atoms with Crippen molar-refractivity contribution < 1.29 is 14.7 Å². The zero-order valence-electron chi connectivity index (χ0n) is 14.1. The van der Waals surface area contributed by atoms with Crippen LogP contribution in [0.15, 0.2) is 30.3 Å². The van der Waals surface area contributed by atoms with Gasteiger partial charge < -0.3 is 15.7 Å². The average Bonchev–Trinajstić information content (AvgIpc) is 2.53. The Kier molecular flexibility index (Phi) is 6.97. The SMILES string of the molecule is CSC1(CNC(=O)NC(CCC(=O)O)Cc2ccccc2)CCC1. The predicted molar refractivity (Wildman–Crippen MR) is 97.4 cm³/mol. The summed E-state index contributed by atoms with van der Waals surface area (Å²) in [5.41, 5.74) is 1.09. The summed E-state index contributed by atoms with van der Waals surface area (Å²) in [4.78, 5) is 23.1. The van der Waals surface area contributed by atoms with Gasteiger partial charge in [0.05, 0.1) is 0 Å². The molecule has 2 rings (SSSR count). The van der Waals surface area contributed by atoms with Gasteiger partial charge in [0, 0.05) is 23.8 Å². The standard InChI is InChI=1S/C18H26N2O3S/c1-24-18(10-5-11-18)13-19-17(23)20-15(8-9-16(21)22)12-14-6-3-2-4-7-14/h2-4,6-7,15H,5,8-13H2,1H3,(H,21,22)(H2,19,20,23). The van der Waals surface area contributed by atoms with Crippen LogP contribution < -0.4 is 10.6 Å². The summed E-state index contributed by atoms with van der Waals surface area (Å²) in [5.74, 6) is -0.842. The van der Waals surface area contributed by atoms with E-state index >= 15 is 0 Å². The molecular formula is C18H26N2O3S. The average molecular weight is 350 g/mol. The molecule has 0 saturated heterocycles. The Labute approximate surface area is 147 Å². The molecule has 0 aromatic heterocycles. The summed E-state index contributed by atoms with van der Waals surface area (Å²) in [6.45, 7) is 0.664. The molecule has 1 atom stereocenters. The molecule has 3 N–H and O–H groups in total. The number of benzene rings is 1. The highest BCUT2D eigenvalue weighted by Crippen LogP contribution is 2.42. The number of rotatable bonds is 9. The molecule has 2 amide bonds. The third kappa shape index (κ3) is 5.74. The molecule has 1 saturated carbocycles. The first kappa shape index (κ1) is 18.6. The Balaban J connectivity index is 1.86. The lowest BCUT2D eigenvalue weighted by atomic mass is 9.84. The molecule has 1 aromatic rings. The first-order valence-corrected chi connectivity index (χ1v) is 9.61. The lowest BCUT2D eigenvalue weighted by Crippen LogP contribution is -2.50. The molecule has 1 unspecified atom stereocenters. The van der Waals surface area contributed by atoms with Crippen molar-refractivity contribution in [3.63, 3.8) is 0 Å².